The number of para-hydroxylation sites is 1. The first-order chi connectivity index (χ1) is 17.2. The van der Waals surface area contributed by atoms with Crippen molar-refractivity contribution in [2.45, 2.75) is 6.92 Å². The highest BCUT2D eigenvalue weighted by molar-refractivity contribution is 5.90. The summed E-state index contributed by atoms with van der Waals surface area (Å²) < 4.78 is 7.45. The minimum atomic E-state index is -0.345. The van der Waals surface area contributed by atoms with Crippen molar-refractivity contribution in [2.75, 3.05) is 6.61 Å². The third-order valence-electron chi connectivity index (χ3n) is 5.54. The van der Waals surface area contributed by atoms with E-state index >= 15 is 0 Å². The Morgan fingerprint density at radius 1 is 0.943 bits per heavy atom. The number of ether oxygens (including phenoxy) is 1. The first-order valence-corrected chi connectivity index (χ1v) is 11.3. The van der Waals surface area contributed by atoms with Gasteiger partial charge in [0.05, 0.1) is 11.9 Å². The van der Waals surface area contributed by atoms with Crippen LogP contribution in [0.15, 0.2) is 108 Å². The number of benzene rings is 4. The van der Waals surface area contributed by atoms with E-state index in [4.69, 9.17) is 9.84 Å². The van der Waals surface area contributed by atoms with Gasteiger partial charge >= 0.3 is 0 Å². The Balaban J connectivity index is 1.30. The zero-order chi connectivity index (χ0) is 24.0. The Kier molecular flexibility index (Phi) is 6.35. The second kappa shape index (κ2) is 10.1. The first kappa shape index (κ1) is 22.1. The smallest absolute Gasteiger partial charge is 0.277 e. The van der Waals surface area contributed by atoms with Gasteiger partial charge in [-0.1, -0.05) is 72.3 Å². The van der Waals surface area contributed by atoms with Crippen molar-refractivity contribution in [3.8, 4) is 22.7 Å². The molecule has 0 spiro atoms. The summed E-state index contributed by atoms with van der Waals surface area (Å²) in [6.45, 7) is 1.91. The molecule has 0 radical (unpaired) electrons. The highest BCUT2D eigenvalue weighted by Gasteiger charge is 2.11. The number of carbonyl (C=O) groups is 1. The van der Waals surface area contributed by atoms with E-state index in [9.17, 15) is 4.79 Å². The molecular weight excluding hydrogens is 436 g/mol. The van der Waals surface area contributed by atoms with Gasteiger partial charge in [-0.05, 0) is 48.0 Å². The topological polar surface area (TPSA) is 68.5 Å². The minimum absolute atomic E-state index is 0.135. The minimum Gasteiger partial charge on any atom is -0.484 e. The number of amides is 1. The maximum Gasteiger partial charge on any atom is 0.277 e. The summed E-state index contributed by atoms with van der Waals surface area (Å²) in [5.74, 6) is 0.288. The van der Waals surface area contributed by atoms with Crippen LogP contribution in [0.1, 0.15) is 11.1 Å². The number of carbonyl (C=O) groups excluding carboxylic acids is 1. The van der Waals surface area contributed by atoms with E-state index in [0.717, 1.165) is 38.8 Å². The van der Waals surface area contributed by atoms with Crippen LogP contribution in [0.5, 0.6) is 5.75 Å². The van der Waals surface area contributed by atoms with E-state index in [1.807, 2.05) is 109 Å². The summed E-state index contributed by atoms with van der Waals surface area (Å²) in [6, 6.07) is 31.7. The van der Waals surface area contributed by atoms with Crippen LogP contribution < -0.4 is 10.2 Å². The van der Waals surface area contributed by atoms with E-state index in [0.29, 0.717) is 5.75 Å². The van der Waals surface area contributed by atoms with E-state index < -0.39 is 0 Å². The number of fused-ring (bicyclic) bond motifs is 1. The average Bonchev–Trinajstić information content (AvgIpc) is 3.32. The van der Waals surface area contributed by atoms with Crippen LogP contribution in [0.4, 0.5) is 0 Å². The molecular formula is C29H24N4O2. The highest BCUT2D eigenvalue weighted by Crippen LogP contribution is 2.24. The van der Waals surface area contributed by atoms with E-state index in [1.54, 1.807) is 6.21 Å². The van der Waals surface area contributed by atoms with Gasteiger partial charge in [0.25, 0.3) is 5.91 Å². The van der Waals surface area contributed by atoms with Crippen LogP contribution in [-0.2, 0) is 4.79 Å². The average molecular weight is 461 g/mol. The molecule has 5 aromatic rings. The number of rotatable bonds is 7. The van der Waals surface area contributed by atoms with Crippen LogP contribution in [0.2, 0.25) is 0 Å². The molecule has 0 saturated carbocycles. The molecule has 4 aromatic carbocycles. The molecule has 172 valence electrons. The molecule has 0 aliphatic rings. The van der Waals surface area contributed by atoms with Crippen molar-refractivity contribution >= 4 is 22.9 Å². The van der Waals surface area contributed by atoms with Crippen LogP contribution >= 0.6 is 0 Å². The largest absolute Gasteiger partial charge is 0.484 e. The fourth-order valence-corrected chi connectivity index (χ4v) is 3.82. The first-order valence-electron chi connectivity index (χ1n) is 11.3. The molecule has 1 N–H and O–H groups in total. The number of aromatic nitrogens is 2. The van der Waals surface area contributed by atoms with Crippen LogP contribution in [0, 0.1) is 6.92 Å². The van der Waals surface area contributed by atoms with Gasteiger partial charge in [0.2, 0.25) is 0 Å². The summed E-state index contributed by atoms with van der Waals surface area (Å²) >= 11 is 0. The highest BCUT2D eigenvalue weighted by atomic mass is 16.5. The Morgan fingerprint density at radius 3 is 2.57 bits per heavy atom. The van der Waals surface area contributed by atoms with Crippen molar-refractivity contribution in [1.82, 2.24) is 15.2 Å². The lowest BCUT2D eigenvalue weighted by Gasteiger charge is -2.06. The van der Waals surface area contributed by atoms with E-state index in [2.05, 4.69) is 16.6 Å². The third-order valence-corrected chi connectivity index (χ3v) is 5.54. The van der Waals surface area contributed by atoms with Crippen molar-refractivity contribution in [3.05, 3.63) is 114 Å². The normalized spacial score (nSPS) is 11.1. The molecule has 1 aromatic heterocycles. The molecule has 0 aliphatic carbocycles. The zero-order valence-corrected chi connectivity index (χ0v) is 19.3. The van der Waals surface area contributed by atoms with Gasteiger partial charge in [-0.2, -0.15) is 10.2 Å². The quantitative estimate of drug-likeness (QED) is 0.256. The van der Waals surface area contributed by atoms with Crippen molar-refractivity contribution in [1.29, 1.82) is 0 Å². The second-order valence-electron chi connectivity index (χ2n) is 8.17. The molecule has 1 amide bonds. The predicted molar refractivity (Wildman–Crippen MR) is 139 cm³/mol. The molecule has 0 saturated heterocycles. The number of hydrogen-bond acceptors (Lipinski definition) is 4. The lowest BCUT2D eigenvalue weighted by Crippen LogP contribution is -2.24. The molecule has 0 atom stereocenters. The maximum atomic E-state index is 12.3. The van der Waals surface area contributed by atoms with Crippen LogP contribution in [0.25, 0.3) is 27.7 Å². The van der Waals surface area contributed by atoms with Gasteiger partial charge in [-0.3, -0.25) is 4.79 Å². The van der Waals surface area contributed by atoms with Gasteiger partial charge in [0.1, 0.15) is 11.4 Å². The molecule has 5 rings (SSSR count). The van der Waals surface area contributed by atoms with Gasteiger partial charge in [0.15, 0.2) is 6.61 Å². The Labute approximate surface area is 203 Å². The Morgan fingerprint density at radius 2 is 1.74 bits per heavy atom. The number of nitrogens with zero attached hydrogens (tertiary/aromatic N) is 3. The summed E-state index contributed by atoms with van der Waals surface area (Å²) in [5, 5.41) is 11.1. The summed E-state index contributed by atoms with van der Waals surface area (Å²) in [7, 11) is 0. The van der Waals surface area contributed by atoms with Gasteiger partial charge < -0.3 is 4.74 Å². The molecule has 6 nitrogen and oxygen atoms in total. The molecule has 0 aliphatic heterocycles. The fourth-order valence-electron chi connectivity index (χ4n) is 3.82. The van der Waals surface area contributed by atoms with Crippen LogP contribution in [0.3, 0.4) is 0 Å². The molecule has 6 heteroatoms. The maximum absolute atomic E-state index is 12.3. The van der Waals surface area contributed by atoms with E-state index in [-0.39, 0.29) is 12.5 Å². The standard InChI is InChI=1S/C29H24N4O2/c1-21-8-7-11-24(16-21)29-25(19-33(32-29)26-12-3-2-4-13-26)18-30-31-28(34)20-35-27-15-14-22-9-5-6-10-23(22)17-27/h2-19H,20H2,1H3,(H,31,34). The van der Waals surface area contributed by atoms with Crippen molar-refractivity contribution in [2.24, 2.45) is 5.10 Å². The number of nitrogens with one attached hydrogen (secondary N) is 1. The lowest BCUT2D eigenvalue weighted by molar-refractivity contribution is -0.123. The SMILES string of the molecule is Cc1cccc(-c2nn(-c3ccccc3)cc2C=NNC(=O)COc2ccc3ccccc3c2)c1. The predicted octanol–water partition coefficient (Wildman–Crippen LogP) is 5.53. The summed E-state index contributed by atoms with van der Waals surface area (Å²) in [4.78, 5) is 12.3. The van der Waals surface area contributed by atoms with Gasteiger partial charge in [-0.15, -0.1) is 0 Å². The van der Waals surface area contributed by atoms with Crippen molar-refractivity contribution < 1.29 is 9.53 Å². The van der Waals surface area contributed by atoms with Crippen molar-refractivity contribution in [3.63, 3.8) is 0 Å². The summed E-state index contributed by atoms with van der Waals surface area (Å²) in [5.41, 5.74) is 7.17. The Bertz CT molecular complexity index is 1510. The molecule has 0 bridgehead atoms. The van der Waals surface area contributed by atoms with Crippen LogP contribution in [-0.4, -0.2) is 28.5 Å². The number of hydrazone groups is 1. The third kappa shape index (κ3) is 5.28. The molecule has 0 fully saturated rings. The summed E-state index contributed by atoms with van der Waals surface area (Å²) in [6.07, 6.45) is 3.51. The van der Waals surface area contributed by atoms with Gasteiger partial charge in [0, 0.05) is 17.3 Å². The Hall–Kier alpha value is -4.71. The monoisotopic (exact) mass is 460 g/mol. The fraction of sp³-hybridized carbons (Fsp3) is 0.0690. The molecule has 1 heterocycles. The van der Waals surface area contributed by atoms with E-state index in [1.165, 1.54) is 0 Å². The number of hydrogen-bond donors (Lipinski definition) is 1. The van der Waals surface area contributed by atoms with Gasteiger partial charge in [-0.25, -0.2) is 10.1 Å². The second-order valence-corrected chi connectivity index (χ2v) is 8.17. The molecule has 35 heavy (non-hydrogen) atoms. The lowest BCUT2D eigenvalue weighted by atomic mass is 10.1. The molecule has 0 unspecified atom stereocenters. The number of aryl methyl sites for hydroxylation is 1. The zero-order valence-electron chi connectivity index (χ0n) is 19.3.